The molecule has 0 saturated heterocycles. The van der Waals surface area contributed by atoms with Crippen molar-refractivity contribution < 1.29 is 4.79 Å². The number of aryl methyl sites for hydroxylation is 1. The second-order valence-corrected chi connectivity index (χ2v) is 5.48. The molecule has 19 heavy (non-hydrogen) atoms. The lowest BCUT2D eigenvalue weighted by Gasteiger charge is -2.05. The van der Waals surface area contributed by atoms with Crippen molar-refractivity contribution in [2.75, 3.05) is 12.4 Å². The Balaban J connectivity index is 1.93. The van der Waals surface area contributed by atoms with Crippen LogP contribution in [0, 0.1) is 0 Å². The number of benzene rings is 1. The highest BCUT2D eigenvalue weighted by molar-refractivity contribution is 7.11. The van der Waals surface area contributed by atoms with Crippen molar-refractivity contribution in [2.45, 2.75) is 19.9 Å². The van der Waals surface area contributed by atoms with Gasteiger partial charge in [-0.25, -0.2) is 0 Å². The molecule has 1 aromatic heterocycles. The van der Waals surface area contributed by atoms with Crippen molar-refractivity contribution in [3.05, 3.63) is 51.7 Å². The molecule has 0 radical (unpaired) electrons. The second-order valence-electron chi connectivity index (χ2n) is 4.23. The number of hydrogen-bond acceptors (Lipinski definition) is 3. The van der Waals surface area contributed by atoms with E-state index in [2.05, 4.69) is 29.7 Å². The highest BCUT2D eigenvalue weighted by Crippen LogP contribution is 2.16. The first-order valence-corrected chi connectivity index (χ1v) is 7.18. The molecule has 1 aromatic carbocycles. The van der Waals surface area contributed by atoms with Gasteiger partial charge in [0, 0.05) is 28.1 Å². The van der Waals surface area contributed by atoms with E-state index in [-0.39, 0.29) is 5.91 Å². The van der Waals surface area contributed by atoms with Gasteiger partial charge in [-0.15, -0.1) is 11.3 Å². The van der Waals surface area contributed by atoms with E-state index in [4.69, 9.17) is 0 Å². The standard InChI is InChI=1S/C15H18N2OS/c1-3-13-8-9-14(19-13)10-17-15(18)11-4-6-12(16-2)7-5-11/h4-9,16H,3,10H2,1-2H3,(H,17,18). The summed E-state index contributed by atoms with van der Waals surface area (Å²) in [4.78, 5) is 14.5. The zero-order chi connectivity index (χ0) is 13.7. The molecule has 1 amide bonds. The van der Waals surface area contributed by atoms with E-state index in [9.17, 15) is 4.79 Å². The Morgan fingerprint density at radius 2 is 1.79 bits per heavy atom. The number of carbonyl (C=O) groups excluding carboxylic acids is 1. The van der Waals surface area contributed by atoms with Gasteiger partial charge in [-0.1, -0.05) is 6.92 Å². The number of anilines is 1. The molecule has 3 nitrogen and oxygen atoms in total. The molecule has 0 atom stereocenters. The lowest BCUT2D eigenvalue weighted by molar-refractivity contribution is 0.0951. The highest BCUT2D eigenvalue weighted by Gasteiger charge is 2.06. The van der Waals surface area contributed by atoms with Gasteiger partial charge in [-0.2, -0.15) is 0 Å². The van der Waals surface area contributed by atoms with Crippen LogP contribution in [0.15, 0.2) is 36.4 Å². The minimum Gasteiger partial charge on any atom is -0.388 e. The molecular formula is C15H18N2OS. The molecule has 0 aliphatic rings. The topological polar surface area (TPSA) is 41.1 Å². The van der Waals surface area contributed by atoms with Gasteiger partial charge in [0.2, 0.25) is 0 Å². The van der Waals surface area contributed by atoms with Gasteiger partial charge in [0.1, 0.15) is 0 Å². The summed E-state index contributed by atoms with van der Waals surface area (Å²) in [6.45, 7) is 2.73. The van der Waals surface area contributed by atoms with Gasteiger partial charge in [0.25, 0.3) is 5.91 Å². The Hall–Kier alpha value is -1.81. The zero-order valence-corrected chi connectivity index (χ0v) is 12.0. The fraction of sp³-hybridized carbons (Fsp3) is 0.267. The molecule has 0 spiro atoms. The fourth-order valence-electron chi connectivity index (χ4n) is 1.77. The summed E-state index contributed by atoms with van der Waals surface area (Å²) >= 11 is 1.75. The summed E-state index contributed by atoms with van der Waals surface area (Å²) in [6.07, 6.45) is 1.05. The summed E-state index contributed by atoms with van der Waals surface area (Å²) in [5.74, 6) is -0.0332. The van der Waals surface area contributed by atoms with Crippen LogP contribution in [0.2, 0.25) is 0 Å². The van der Waals surface area contributed by atoms with Crippen LogP contribution >= 0.6 is 11.3 Å². The Bertz CT molecular complexity index is 546. The predicted octanol–water partition coefficient (Wildman–Crippen LogP) is 3.28. The van der Waals surface area contributed by atoms with Gasteiger partial charge < -0.3 is 10.6 Å². The molecular weight excluding hydrogens is 256 g/mol. The van der Waals surface area contributed by atoms with Crippen molar-refractivity contribution in [3.8, 4) is 0 Å². The lowest BCUT2D eigenvalue weighted by Crippen LogP contribution is -2.22. The molecule has 0 unspecified atom stereocenters. The summed E-state index contributed by atoms with van der Waals surface area (Å²) in [7, 11) is 1.86. The molecule has 2 N–H and O–H groups in total. The zero-order valence-electron chi connectivity index (χ0n) is 11.2. The van der Waals surface area contributed by atoms with E-state index in [0.717, 1.165) is 12.1 Å². The molecule has 2 rings (SSSR count). The van der Waals surface area contributed by atoms with Crippen molar-refractivity contribution in [1.82, 2.24) is 5.32 Å². The average Bonchev–Trinajstić information content (AvgIpc) is 2.93. The summed E-state index contributed by atoms with van der Waals surface area (Å²) < 4.78 is 0. The SMILES string of the molecule is CCc1ccc(CNC(=O)c2ccc(NC)cc2)s1. The Labute approximate surface area is 117 Å². The third-order valence-corrected chi connectivity index (χ3v) is 4.15. The van der Waals surface area contributed by atoms with Gasteiger partial charge in [0.05, 0.1) is 6.54 Å². The Morgan fingerprint density at radius 1 is 1.11 bits per heavy atom. The first-order valence-electron chi connectivity index (χ1n) is 6.36. The van der Waals surface area contributed by atoms with E-state index < -0.39 is 0 Å². The van der Waals surface area contributed by atoms with Crippen LogP contribution < -0.4 is 10.6 Å². The highest BCUT2D eigenvalue weighted by atomic mass is 32.1. The third kappa shape index (κ3) is 3.58. The van der Waals surface area contributed by atoms with E-state index in [1.807, 2.05) is 31.3 Å². The van der Waals surface area contributed by atoms with E-state index in [1.54, 1.807) is 11.3 Å². The van der Waals surface area contributed by atoms with Crippen LogP contribution in [-0.2, 0) is 13.0 Å². The van der Waals surface area contributed by atoms with Crippen molar-refractivity contribution >= 4 is 22.9 Å². The maximum absolute atomic E-state index is 12.0. The number of nitrogens with one attached hydrogen (secondary N) is 2. The van der Waals surface area contributed by atoms with Gasteiger partial charge in [-0.05, 0) is 42.8 Å². The van der Waals surface area contributed by atoms with E-state index >= 15 is 0 Å². The van der Waals surface area contributed by atoms with Crippen LogP contribution in [0.5, 0.6) is 0 Å². The second kappa shape index (κ2) is 6.38. The first kappa shape index (κ1) is 13.6. The molecule has 0 saturated carbocycles. The molecule has 2 aromatic rings. The number of hydrogen-bond donors (Lipinski definition) is 2. The van der Waals surface area contributed by atoms with Crippen LogP contribution in [-0.4, -0.2) is 13.0 Å². The van der Waals surface area contributed by atoms with Gasteiger partial charge in [-0.3, -0.25) is 4.79 Å². The third-order valence-electron chi connectivity index (χ3n) is 2.92. The first-order chi connectivity index (χ1) is 9.22. The molecule has 100 valence electrons. The number of rotatable bonds is 5. The van der Waals surface area contributed by atoms with Crippen LogP contribution in [0.1, 0.15) is 27.0 Å². The minimum absolute atomic E-state index is 0.0332. The maximum Gasteiger partial charge on any atom is 0.251 e. The van der Waals surface area contributed by atoms with Gasteiger partial charge >= 0.3 is 0 Å². The summed E-state index contributed by atoms with van der Waals surface area (Å²) in [5, 5.41) is 5.97. The molecule has 0 fully saturated rings. The van der Waals surface area contributed by atoms with Crippen molar-refractivity contribution in [3.63, 3.8) is 0 Å². The number of thiophene rings is 1. The van der Waals surface area contributed by atoms with Crippen molar-refractivity contribution in [1.29, 1.82) is 0 Å². The number of carbonyl (C=O) groups is 1. The van der Waals surface area contributed by atoms with Gasteiger partial charge in [0.15, 0.2) is 0 Å². The molecule has 0 bridgehead atoms. The quantitative estimate of drug-likeness (QED) is 0.878. The molecule has 4 heteroatoms. The van der Waals surface area contributed by atoms with Crippen molar-refractivity contribution in [2.24, 2.45) is 0 Å². The normalized spacial score (nSPS) is 10.2. The predicted molar refractivity (Wildman–Crippen MR) is 80.9 cm³/mol. The van der Waals surface area contributed by atoms with E-state index in [1.165, 1.54) is 9.75 Å². The smallest absolute Gasteiger partial charge is 0.251 e. The minimum atomic E-state index is -0.0332. The average molecular weight is 274 g/mol. The monoisotopic (exact) mass is 274 g/mol. The van der Waals surface area contributed by atoms with Crippen LogP contribution in [0.4, 0.5) is 5.69 Å². The Kier molecular flexibility index (Phi) is 4.58. The van der Waals surface area contributed by atoms with Crippen LogP contribution in [0.3, 0.4) is 0 Å². The largest absolute Gasteiger partial charge is 0.388 e. The molecule has 0 aliphatic carbocycles. The summed E-state index contributed by atoms with van der Waals surface area (Å²) in [5.41, 5.74) is 1.69. The lowest BCUT2D eigenvalue weighted by atomic mass is 10.2. The Morgan fingerprint density at radius 3 is 2.37 bits per heavy atom. The maximum atomic E-state index is 12.0. The molecule has 1 heterocycles. The fourth-order valence-corrected chi connectivity index (χ4v) is 2.66. The number of amides is 1. The van der Waals surface area contributed by atoms with E-state index in [0.29, 0.717) is 12.1 Å². The molecule has 0 aliphatic heterocycles. The van der Waals surface area contributed by atoms with Crippen LogP contribution in [0.25, 0.3) is 0 Å². The summed E-state index contributed by atoms with van der Waals surface area (Å²) in [6, 6.07) is 11.6.